The molecule has 0 spiro atoms. The molecule has 0 bridgehead atoms. The van der Waals surface area contributed by atoms with Crippen molar-refractivity contribution < 1.29 is 24.0 Å². The molecule has 2 aliphatic heterocycles. The third-order valence-electron chi connectivity index (χ3n) is 5.30. The van der Waals surface area contributed by atoms with E-state index >= 15 is 0 Å². The third kappa shape index (κ3) is 4.90. The Balaban J connectivity index is 1.37. The van der Waals surface area contributed by atoms with Crippen molar-refractivity contribution in [3.05, 3.63) is 87.6 Å². The second-order valence-corrected chi connectivity index (χ2v) is 9.20. The zero-order valence-corrected chi connectivity index (χ0v) is 18.5. The van der Waals surface area contributed by atoms with Crippen molar-refractivity contribution in [3.8, 4) is 0 Å². The maximum absolute atomic E-state index is 12.8. The molecule has 2 heterocycles. The molecular weight excluding hydrogens is 446 g/mol. The number of hydrogen-bond acceptors (Lipinski definition) is 7. The average molecular weight is 468 g/mol. The molecule has 2 amide bonds. The van der Waals surface area contributed by atoms with Gasteiger partial charge in [0.2, 0.25) is 5.91 Å². The lowest BCUT2D eigenvalue weighted by Crippen LogP contribution is -2.70. The molecule has 0 aliphatic carbocycles. The van der Waals surface area contributed by atoms with Crippen LogP contribution >= 0.6 is 11.8 Å². The lowest BCUT2D eigenvalue weighted by molar-refractivity contribution is -0.384. The van der Waals surface area contributed by atoms with Gasteiger partial charge in [0.15, 0.2) is 0 Å². The van der Waals surface area contributed by atoms with Gasteiger partial charge < -0.3 is 10.1 Å². The van der Waals surface area contributed by atoms with Crippen LogP contribution < -0.4 is 5.32 Å². The number of nitro benzene ring substituents is 1. The highest BCUT2D eigenvalue weighted by atomic mass is 32.2. The first-order valence-corrected chi connectivity index (χ1v) is 11.2. The smallest absolute Gasteiger partial charge is 0.355 e. The summed E-state index contributed by atoms with van der Waals surface area (Å²) in [5, 5.41) is 13.1. The van der Waals surface area contributed by atoms with E-state index in [0.717, 1.165) is 5.56 Å². The molecule has 1 saturated heterocycles. The summed E-state index contributed by atoms with van der Waals surface area (Å²) in [6.45, 7) is 1.82. The van der Waals surface area contributed by atoms with E-state index in [9.17, 15) is 24.5 Å². The van der Waals surface area contributed by atoms with E-state index in [2.05, 4.69) is 5.32 Å². The van der Waals surface area contributed by atoms with Crippen LogP contribution in [0.2, 0.25) is 0 Å². The number of non-ortho nitro benzene ring substituents is 1. The minimum atomic E-state index is -0.708. The number of amides is 2. The fourth-order valence-electron chi connectivity index (χ4n) is 3.66. The van der Waals surface area contributed by atoms with Gasteiger partial charge in [0.25, 0.3) is 11.6 Å². The summed E-state index contributed by atoms with van der Waals surface area (Å²) in [5.41, 5.74) is 1.52. The van der Waals surface area contributed by atoms with Crippen molar-refractivity contribution in [2.24, 2.45) is 0 Å². The molecule has 4 rings (SSSR count). The zero-order valence-electron chi connectivity index (χ0n) is 17.7. The van der Waals surface area contributed by atoms with Crippen LogP contribution in [0.1, 0.15) is 18.1 Å². The topological polar surface area (TPSA) is 119 Å². The minimum absolute atomic E-state index is 0.0553. The predicted octanol–water partition coefficient (Wildman–Crippen LogP) is 2.55. The monoisotopic (exact) mass is 467 g/mol. The summed E-state index contributed by atoms with van der Waals surface area (Å²) in [7, 11) is 0. The first-order valence-electron chi connectivity index (χ1n) is 10.3. The third-order valence-corrected chi connectivity index (χ3v) is 6.63. The Kier molecular flexibility index (Phi) is 6.45. The number of carbonyl (C=O) groups excluding carboxylic acids is 3. The van der Waals surface area contributed by atoms with Gasteiger partial charge in [-0.3, -0.25) is 24.6 Å². The number of ether oxygens (including phenoxy) is 1. The summed E-state index contributed by atoms with van der Waals surface area (Å²) < 4.78 is 5.34. The van der Waals surface area contributed by atoms with Gasteiger partial charge in [0, 0.05) is 17.4 Å². The highest BCUT2D eigenvalue weighted by Crippen LogP contribution is 2.41. The average Bonchev–Trinajstić information content (AvgIpc) is 2.81. The fourth-order valence-corrected chi connectivity index (χ4v) is 4.99. The Labute approximate surface area is 193 Å². The van der Waals surface area contributed by atoms with Gasteiger partial charge in [-0.15, -0.1) is 11.8 Å². The van der Waals surface area contributed by atoms with E-state index < -0.39 is 16.9 Å². The van der Waals surface area contributed by atoms with E-state index in [1.54, 1.807) is 6.08 Å². The van der Waals surface area contributed by atoms with Gasteiger partial charge in [-0.05, 0) is 36.3 Å². The van der Waals surface area contributed by atoms with Gasteiger partial charge in [0.1, 0.15) is 23.7 Å². The molecule has 0 radical (unpaired) electrons. The molecule has 2 aliphatic rings. The second kappa shape index (κ2) is 9.45. The number of nitro groups is 1. The number of carbonyl (C=O) groups is 3. The van der Waals surface area contributed by atoms with Crippen LogP contribution in [0.15, 0.2) is 66.4 Å². The molecular formula is C23H21N3O6S. The van der Waals surface area contributed by atoms with Crippen LogP contribution in [-0.4, -0.2) is 44.3 Å². The molecule has 0 aromatic heterocycles. The van der Waals surface area contributed by atoms with Crippen molar-refractivity contribution in [1.29, 1.82) is 0 Å². The summed E-state index contributed by atoms with van der Waals surface area (Å²) in [4.78, 5) is 49.5. The molecule has 3 atom stereocenters. The van der Waals surface area contributed by atoms with Gasteiger partial charge in [-0.2, -0.15) is 0 Å². The molecule has 170 valence electrons. The molecule has 2 aromatic carbocycles. The van der Waals surface area contributed by atoms with E-state index in [-0.39, 0.29) is 46.9 Å². The zero-order chi connectivity index (χ0) is 23.5. The van der Waals surface area contributed by atoms with Gasteiger partial charge >= 0.3 is 5.97 Å². The van der Waals surface area contributed by atoms with E-state index in [1.807, 2.05) is 37.3 Å². The molecule has 1 fully saturated rings. The molecule has 2 unspecified atom stereocenters. The van der Waals surface area contributed by atoms with E-state index in [1.165, 1.54) is 40.9 Å². The van der Waals surface area contributed by atoms with E-state index in [0.29, 0.717) is 5.56 Å². The summed E-state index contributed by atoms with van der Waals surface area (Å²) >= 11 is 1.48. The van der Waals surface area contributed by atoms with Crippen LogP contribution in [0, 0.1) is 10.1 Å². The second-order valence-electron chi connectivity index (χ2n) is 7.70. The number of nitrogens with one attached hydrogen (secondary N) is 1. The predicted molar refractivity (Wildman–Crippen MR) is 121 cm³/mol. The Morgan fingerprint density at radius 1 is 1.12 bits per heavy atom. The largest absolute Gasteiger partial charge is 0.456 e. The molecule has 1 N–H and O–H groups in total. The van der Waals surface area contributed by atoms with E-state index in [4.69, 9.17) is 4.74 Å². The Morgan fingerprint density at radius 3 is 2.48 bits per heavy atom. The van der Waals surface area contributed by atoms with Crippen LogP contribution in [0.4, 0.5) is 5.69 Å². The van der Waals surface area contributed by atoms with Crippen LogP contribution in [0.5, 0.6) is 0 Å². The number of nitrogens with zero attached hydrogens (tertiary/aromatic N) is 2. The van der Waals surface area contributed by atoms with Gasteiger partial charge in [-0.25, -0.2) is 4.79 Å². The minimum Gasteiger partial charge on any atom is -0.456 e. The summed E-state index contributed by atoms with van der Waals surface area (Å²) in [6, 6.07) is 14.2. The fraction of sp³-hybridized carbons (Fsp3) is 0.261. The molecule has 10 heteroatoms. The Bertz CT molecular complexity index is 1120. The molecule has 0 saturated carbocycles. The van der Waals surface area contributed by atoms with Crippen LogP contribution in [0.3, 0.4) is 0 Å². The van der Waals surface area contributed by atoms with Crippen molar-refractivity contribution in [3.63, 3.8) is 0 Å². The first-order chi connectivity index (χ1) is 15.8. The lowest BCUT2D eigenvalue weighted by atomic mass is 10.0. The Hall–Kier alpha value is -3.66. The first kappa shape index (κ1) is 22.5. The standard InChI is InChI=1S/C23H21N3O6S/c1-14-11-18(23(29)32-13-16-7-9-17(10-8-16)26(30)31)25-21(28)20(22(25)33-14)24-19(27)12-15-5-3-2-4-6-15/h2-11,14,20,22H,12-13H2,1H3,(H,24,27)/t14?,20?,22-/m1/s1. The summed E-state index contributed by atoms with van der Waals surface area (Å²) in [5.74, 6) is -1.28. The van der Waals surface area contributed by atoms with Crippen molar-refractivity contribution >= 4 is 35.2 Å². The van der Waals surface area contributed by atoms with Gasteiger partial charge in [-0.1, -0.05) is 30.3 Å². The normalized spacial score (nSPS) is 21.4. The van der Waals surface area contributed by atoms with Crippen LogP contribution in [0.25, 0.3) is 0 Å². The molecule has 2 aromatic rings. The maximum atomic E-state index is 12.8. The number of benzene rings is 2. The maximum Gasteiger partial charge on any atom is 0.355 e. The highest BCUT2D eigenvalue weighted by Gasteiger charge is 2.54. The van der Waals surface area contributed by atoms with Crippen molar-refractivity contribution in [2.75, 3.05) is 0 Å². The molecule has 9 nitrogen and oxygen atoms in total. The number of esters is 1. The van der Waals surface area contributed by atoms with Gasteiger partial charge in [0.05, 0.1) is 11.3 Å². The quantitative estimate of drug-likeness (QED) is 0.288. The number of hydrogen-bond donors (Lipinski definition) is 1. The number of rotatable bonds is 7. The number of thioether (sulfide) groups is 1. The molecule has 33 heavy (non-hydrogen) atoms. The van der Waals surface area contributed by atoms with Crippen molar-refractivity contribution in [1.82, 2.24) is 10.2 Å². The Morgan fingerprint density at radius 2 is 1.82 bits per heavy atom. The highest BCUT2D eigenvalue weighted by molar-refractivity contribution is 8.00. The summed E-state index contributed by atoms with van der Waals surface area (Å²) in [6.07, 6.45) is 1.83. The number of fused-ring (bicyclic) bond motifs is 1. The number of β-lactam (4-membered cyclic amide) rings is 1. The SMILES string of the molecule is CC1C=C(C(=O)OCc2ccc([N+](=O)[O-])cc2)N2C(=O)C(NC(=O)Cc3ccccc3)[C@H]2S1. The lowest BCUT2D eigenvalue weighted by Gasteiger charge is -2.49. The van der Waals surface area contributed by atoms with Crippen LogP contribution in [-0.2, 0) is 32.1 Å². The van der Waals surface area contributed by atoms with Crippen molar-refractivity contribution in [2.45, 2.75) is 36.6 Å².